The molecule has 0 radical (unpaired) electrons. The number of aromatic nitrogens is 2. The molecular weight excluding hydrogens is 216 g/mol. The molecule has 0 saturated heterocycles. The van der Waals surface area contributed by atoms with Crippen molar-refractivity contribution in [2.45, 2.75) is 51.1 Å². The number of carbonyl (C=O) groups is 1. The number of hydrogen-bond donors (Lipinski definition) is 3. The van der Waals surface area contributed by atoms with Crippen LogP contribution in [0.1, 0.15) is 50.6 Å². The van der Waals surface area contributed by atoms with E-state index in [0.717, 1.165) is 18.4 Å². The number of urea groups is 1. The van der Waals surface area contributed by atoms with Crippen molar-refractivity contribution in [2.24, 2.45) is 0 Å². The quantitative estimate of drug-likeness (QED) is 0.752. The Morgan fingerprint density at radius 2 is 2.24 bits per heavy atom. The minimum absolute atomic E-state index is 0.0164. The summed E-state index contributed by atoms with van der Waals surface area (Å²) in [6.07, 6.45) is 9.48. The lowest BCUT2D eigenvalue weighted by atomic mass is 9.96. The van der Waals surface area contributed by atoms with E-state index in [4.69, 9.17) is 0 Å². The SMILES string of the molecule is CC(NC(=O)NC1CCCCC1)c1cn[nH]c1. The Morgan fingerprint density at radius 3 is 2.88 bits per heavy atom. The number of rotatable bonds is 3. The van der Waals surface area contributed by atoms with E-state index in [1.54, 1.807) is 12.4 Å². The third-order valence-corrected chi connectivity index (χ3v) is 3.31. The first-order chi connectivity index (χ1) is 8.25. The summed E-state index contributed by atoms with van der Waals surface area (Å²) in [5.74, 6) is 0. The van der Waals surface area contributed by atoms with Crippen molar-refractivity contribution in [2.75, 3.05) is 0 Å². The summed E-state index contributed by atoms with van der Waals surface area (Å²) in [5.41, 5.74) is 0.990. The summed E-state index contributed by atoms with van der Waals surface area (Å²) in [5, 5.41) is 12.6. The van der Waals surface area contributed by atoms with Crippen molar-refractivity contribution in [1.82, 2.24) is 20.8 Å². The van der Waals surface area contributed by atoms with Crippen LogP contribution in [0.3, 0.4) is 0 Å². The third-order valence-electron chi connectivity index (χ3n) is 3.31. The Bertz CT molecular complexity index is 343. The molecule has 0 aliphatic heterocycles. The Labute approximate surface area is 101 Å². The first-order valence-corrected chi connectivity index (χ1v) is 6.31. The maximum Gasteiger partial charge on any atom is 0.315 e. The molecule has 94 valence electrons. The van der Waals surface area contributed by atoms with Gasteiger partial charge in [-0.1, -0.05) is 19.3 Å². The summed E-state index contributed by atoms with van der Waals surface area (Å²) in [6.45, 7) is 1.95. The van der Waals surface area contributed by atoms with Gasteiger partial charge in [0.05, 0.1) is 12.2 Å². The Morgan fingerprint density at radius 1 is 1.47 bits per heavy atom. The highest BCUT2D eigenvalue weighted by atomic mass is 16.2. The molecule has 1 aromatic heterocycles. The highest BCUT2D eigenvalue weighted by Gasteiger charge is 2.17. The van der Waals surface area contributed by atoms with Gasteiger partial charge in [-0.3, -0.25) is 5.10 Å². The van der Waals surface area contributed by atoms with E-state index < -0.39 is 0 Å². The van der Waals surface area contributed by atoms with Gasteiger partial charge in [0, 0.05) is 17.8 Å². The first-order valence-electron chi connectivity index (χ1n) is 6.31. The standard InChI is InChI=1S/C12H20N4O/c1-9(10-7-13-14-8-10)15-12(17)16-11-5-3-2-4-6-11/h7-9,11H,2-6H2,1H3,(H,13,14)(H2,15,16,17). The number of nitrogens with one attached hydrogen (secondary N) is 3. The van der Waals surface area contributed by atoms with Gasteiger partial charge in [-0.15, -0.1) is 0 Å². The smallest absolute Gasteiger partial charge is 0.315 e. The maximum atomic E-state index is 11.8. The van der Waals surface area contributed by atoms with Gasteiger partial charge in [0.1, 0.15) is 0 Å². The molecule has 2 rings (SSSR count). The molecule has 1 saturated carbocycles. The molecule has 5 nitrogen and oxygen atoms in total. The summed E-state index contributed by atoms with van der Waals surface area (Å²) < 4.78 is 0. The average molecular weight is 236 g/mol. The topological polar surface area (TPSA) is 69.8 Å². The lowest BCUT2D eigenvalue weighted by molar-refractivity contribution is 0.229. The van der Waals surface area contributed by atoms with Crippen LogP contribution in [0.5, 0.6) is 0 Å². The van der Waals surface area contributed by atoms with Crippen LogP contribution in [0.15, 0.2) is 12.4 Å². The van der Waals surface area contributed by atoms with Gasteiger partial charge >= 0.3 is 6.03 Å². The summed E-state index contributed by atoms with van der Waals surface area (Å²) >= 11 is 0. The summed E-state index contributed by atoms with van der Waals surface area (Å²) in [4.78, 5) is 11.8. The normalized spacial score (nSPS) is 18.6. The molecule has 5 heteroatoms. The molecule has 1 unspecified atom stereocenters. The second-order valence-electron chi connectivity index (χ2n) is 4.71. The lowest BCUT2D eigenvalue weighted by Crippen LogP contribution is -2.43. The first kappa shape index (κ1) is 12.0. The second kappa shape index (κ2) is 5.70. The van der Waals surface area contributed by atoms with Crippen LogP contribution in [0.25, 0.3) is 0 Å². The Balaban J connectivity index is 1.76. The zero-order valence-electron chi connectivity index (χ0n) is 10.2. The molecule has 0 bridgehead atoms. The van der Waals surface area contributed by atoms with Gasteiger partial charge < -0.3 is 10.6 Å². The van der Waals surface area contributed by atoms with Crippen LogP contribution in [0.2, 0.25) is 0 Å². The third kappa shape index (κ3) is 3.47. The fourth-order valence-corrected chi connectivity index (χ4v) is 2.25. The zero-order valence-corrected chi connectivity index (χ0v) is 10.2. The van der Waals surface area contributed by atoms with E-state index in [1.165, 1.54) is 19.3 Å². The molecule has 1 aliphatic rings. The lowest BCUT2D eigenvalue weighted by Gasteiger charge is -2.23. The highest BCUT2D eigenvalue weighted by molar-refractivity contribution is 5.74. The number of nitrogens with zero attached hydrogens (tertiary/aromatic N) is 1. The molecule has 3 N–H and O–H groups in total. The Hall–Kier alpha value is -1.52. The fourth-order valence-electron chi connectivity index (χ4n) is 2.25. The predicted octanol–water partition coefficient (Wildman–Crippen LogP) is 2.10. The Kier molecular flexibility index (Phi) is 4.01. The number of carbonyl (C=O) groups excluding carboxylic acids is 1. The second-order valence-corrected chi connectivity index (χ2v) is 4.71. The van der Waals surface area contributed by atoms with Gasteiger partial charge in [0.15, 0.2) is 0 Å². The van der Waals surface area contributed by atoms with Crippen molar-refractivity contribution < 1.29 is 4.79 Å². The van der Waals surface area contributed by atoms with E-state index in [2.05, 4.69) is 20.8 Å². The summed E-state index contributed by atoms with van der Waals surface area (Å²) in [7, 11) is 0. The number of amides is 2. The van der Waals surface area contributed by atoms with Crippen LogP contribution >= 0.6 is 0 Å². The molecule has 1 heterocycles. The summed E-state index contributed by atoms with van der Waals surface area (Å²) in [6, 6.07) is 0.253. The molecule has 2 amide bonds. The van der Waals surface area contributed by atoms with Crippen molar-refractivity contribution in [3.05, 3.63) is 18.0 Å². The van der Waals surface area contributed by atoms with Crippen molar-refractivity contribution in [1.29, 1.82) is 0 Å². The molecule has 1 aromatic rings. The molecule has 1 aliphatic carbocycles. The van der Waals surface area contributed by atoms with Crippen molar-refractivity contribution >= 4 is 6.03 Å². The van der Waals surface area contributed by atoms with Crippen LogP contribution < -0.4 is 10.6 Å². The molecular formula is C12H20N4O. The minimum atomic E-state index is -0.0781. The minimum Gasteiger partial charge on any atom is -0.335 e. The molecule has 17 heavy (non-hydrogen) atoms. The number of H-pyrrole nitrogens is 1. The van der Waals surface area contributed by atoms with E-state index in [0.29, 0.717) is 6.04 Å². The van der Waals surface area contributed by atoms with E-state index in [9.17, 15) is 4.79 Å². The van der Waals surface area contributed by atoms with Crippen LogP contribution in [-0.2, 0) is 0 Å². The molecule has 1 fully saturated rings. The molecule has 1 atom stereocenters. The largest absolute Gasteiger partial charge is 0.335 e. The van der Waals surface area contributed by atoms with Crippen molar-refractivity contribution in [3.63, 3.8) is 0 Å². The number of hydrogen-bond acceptors (Lipinski definition) is 2. The van der Waals surface area contributed by atoms with Gasteiger partial charge in [-0.25, -0.2) is 4.79 Å². The van der Waals surface area contributed by atoms with E-state index in [-0.39, 0.29) is 12.1 Å². The zero-order chi connectivity index (χ0) is 12.1. The molecule has 0 aromatic carbocycles. The maximum absolute atomic E-state index is 11.8. The highest BCUT2D eigenvalue weighted by Crippen LogP contribution is 2.17. The van der Waals surface area contributed by atoms with E-state index in [1.807, 2.05) is 6.92 Å². The monoisotopic (exact) mass is 236 g/mol. The number of aromatic amines is 1. The van der Waals surface area contributed by atoms with Gasteiger partial charge in [0.2, 0.25) is 0 Å². The average Bonchev–Trinajstić information content (AvgIpc) is 2.83. The van der Waals surface area contributed by atoms with Crippen LogP contribution in [0, 0.1) is 0 Å². The van der Waals surface area contributed by atoms with Crippen LogP contribution in [0.4, 0.5) is 4.79 Å². The van der Waals surface area contributed by atoms with Gasteiger partial charge in [-0.2, -0.15) is 5.10 Å². The predicted molar refractivity (Wildman–Crippen MR) is 65.5 cm³/mol. The van der Waals surface area contributed by atoms with Gasteiger partial charge in [0.25, 0.3) is 0 Å². The fraction of sp³-hybridized carbons (Fsp3) is 0.667. The van der Waals surface area contributed by atoms with Gasteiger partial charge in [-0.05, 0) is 19.8 Å². The van der Waals surface area contributed by atoms with Crippen molar-refractivity contribution in [3.8, 4) is 0 Å². The molecule has 0 spiro atoms. The van der Waals surface area contributed by atoms with E-state index >= 15 is 0 Å². The van der Waals surface area contributed by atoms with Crippen LogP contribution in [-0.4, -0.2) is 22.3 Å².